The Bertz CT molecular complexity index is 667. The van der Waals surface area contributed by atoms with Gasteiger partial charge in [0.05, 0.1) is 7.11 Å². The lowest BCUT2D eigenvalue weighted by Gasteiger charge is -2.37. The van der Waals surface area contributed by atoms with Gasteiger partial charge < -0.3 is 19.7 Å². The maximum Gasteiger partial charge on any atom is 0.408 e. The minimum absolute atomic E-state index is 0.0748. The first-order chi connectivity index (χ1) is 14.3. The summed E-state index contributed by atoms with van der Waals surface area (Å²) in [4.78, 5) is 40.0. The van der Waals surface area contributed by atoms with Gasteiger partial charge in [-0.2, -0.15) is 0 Å². The number of alkyl carbamates (subject to hydrolysis) is 1. The summed E-state index contributed by atoms with van der Waals surface area (Å²) in [6.07, 6.45) is -0.630. The highest BCUT2D eigenvalue weighted by Crippen LogP contribution is 2.39. The summed E-state index contributed by atoms with van der Waals surface area (Å²) in [5.74, 6) is -4.10. The molecule has 0 aromatic rings. The molecule has 1 saturated carbocycles. The standard InChI is InChI=1S/C22H36F2N2O5/c1-13(2)15-9-12-26(17(15)19(28)30-6)18(27)16(25-20(29)31-21(3,4)5)14-7-10-22(23,24)11-8-14/h13-17H,7-12H2,1-6H3,(H,25,29)/t15?,16-,17?/m0/s1. The molecule has 1 heterocycles. The van der Waals surface area contributed by atoms with Gasteiger partial charge in [-0.15, -0.1) is 0 Å². The van der Waals surface area contributed by atoms with Crippen LogP contribution in [0.1, 0.15) is 66.7 Å². The Morgan fingerprint density at radius 2 is 1.68 bits per heavy atom. The number of methoxy groups -OCH3 is 1. The van der Waals surface area contributed by atoms with E-state index in [1.54, 1.807) is 20.8 Å². The van der Waals surface area contributed by atoms with Crippen LogP contribution in [0.15, 0.2) is 0 Å². The van der Waals surface area contributed by atoms with Gasteiger partial charge in [-0.05, 0) is 57.8 Å². The van der Waals surface area contributed by atoms with E-state index in [0.29, 0.717) is 13.0 Å². The van der Waals surface area contributed by atoms with Crippen LogP contribution in [0.4, 0.5) is 13.6 Å². The summed E-state index contributed by atoms with van der Waals surface area (Å²) in [5.41, 5.74) is -0.776. The van der Waals surface area contributed by atoms with Crippen LogP contribution in [-0.4, -0.2) is 60.1 Å². The van der Waals surface area contributed by atoms with E-state index in [1.807, 2.05) is 13.8 Å². The van der Waals surface area contributed by atoms with Crippen molar-refractivity contribution >= 4 is 18.0 Å². The average Bonchev–Trinajstić information content (AvgIpc) is 3.09. The highest BCUT2D eigenvalue weighted by molar-refractivity contribution is 5.90. The van der Waals surface area contributed by atoms with Crippen molar-refractivity contribution in [2.75, 3.05) is 13.7 Å². The number of hydrogen-bond acceptors (Lipinski definition) is 5. The van der Waals surface area contributed by atoms with E-state index in [4.69, 9.17) is 9.47 Å². The second-order valence-corrected chi connectivity index (χ2v) is 10.0. The lowest BCUT2D eigenvalue weighted by Crippen LogP contribution is -2.57. The quantitative estimate of drug-likeness (QED) is 0.650. The van der Waals surface area contributed by atoms with Gasteiger partial charge in [0.1, 0.15) is 17.7 Å². The molecule has 178 valence electrons. The molecular formula is C22H36F2N2O5. The molecular weight excluding hydrogens is 410 g/mol. The molecule has 2 aliphatic rings. The highest BCUT2D eigenvalue weighted by atomic mass is 19.3. The van der Waals surface area contributed by atoms with Gasteiger partial charge in [-0.1, -0.05) is 13.8 Å². The molecule has 31 heavy (non-hydrogen) atoms. The average molecular weight is 447 g/mol. The molecule has 9 heteroatoms. The lowest BCUT2D eigenvalue weighted by atomic mass is 9.81. The van der Waals surface area contributed by atoms with E-state index in [1.165, 1.54) is 12.0 Å². The van der Waals surface area contributed by atoms with Crippen molar-refractivity contribution in [1.29, 1.82) is 0 Å². The maximum absolute atomic E-state index is 13.7. The number of amides is 2. The molecule has 1 aliphatic carbocycles. The van der Waals surface area contributed by atoms with Crippen LogP contribution in [0.25, 0.3) is 0 Å². The number of alkyl halides is 2. The molecule has 1 saturated heterocycles. The fourth-order valence-corrected chi connectivity index (χ4v) is 4.57. The third-order valence-corrected chi connectivity index (χ3v) is 6.20. The summed E-state index contributed by atoms with van der Waals surface area (Å²) in [6, 6.07) is -1.80. The summed E-state index contributed by atoms with van der Waals surface area (Å²) in [7, 11) is 1.28. The first-order valence-corrected chi connectivity index (χ1v) is 11.0. The van der Waals surface area contributed by atoms with E-state index < -0.39 is 47.5 Å². The number of nitrogens with zero attached hydrogens (tertiary/aromatic N) is 1. The molecule has 2 rings (SSSR count). The van der Waals surface area contributed by atoms with Gasteiger partial charge in [0.15, 0.2) is 0 Å². The van der Waals surface area contributed by atoms with Crippen molar-refractivity contribution in [1.82, 2.24) is 10.2 Å². The zero-order valence-electron chi connectivity index (χ0n) is 19.4. The number of nitrogens with one attached hydrogen (secondary N) is 1. The third-order valence-electron chi connectivity index (χ3n) is 6.20. The topological polar surface area (TPSA) is 84.9 Å². The molecule has 0 aromatic heterocycles. The number of carbonyl (C=O) groups is 3. The molecule has 0 aromatic carbocycles. The van der Waals surface area contributed by atoms with Crippen LogP contribution in [0.2, 0.25) is 0 Å². The number of rotatable bonds is 5. The zero-order chi connectivity index (χ0) is 23.6. The second-order valence-electron chi connectivity index (χ2n) is 10.0. The molecule has 7 nitrogen and oxygen atoms in total. The Balaban J connectivity index is 2.28. The molecule has 2 fully saturated rings. The predicted octanol–water partition coefficient (Wildman–Crippen LogP) is 3.75. The van der Waals surface area contributed by atoms with E-state index in [2.05, 4.69) is 5.32 Å². The third kappa shape index (κ3) is 6.53. The van der Waals surface area contributed by atoms with E-state index >= 15 is 0 Å². The van der Waals surface area contributed by atoms with Gasteiger partial charge in [-0.3, -0.25) is 4.79 Å². The van der Waals surface area contributed by atoms with E-state index in [0.717, 1.165) is 0 Å². The number of carbonyl (C=O) groups excluding carboxylic acids is 3. The van der Waals surface area contributed by atoms with Crippen LogP contribution >= 0.6 is 0 Å². The van der Waals surface area contributed by atoms with Crippen LogP contribution in [0, 0.1) is 17.8 Å². The summed E-state index contributed by atoms with van der Waals surface area (Å²) in [5, 5.41) is 2.62. The fourth-order valence-electron chi connectivity index (χ4n) is 4.57. The Morgan fingerprint density at radius 1 is 1.10 bits per heavy atom. The normalized spacial score (nSPS) is 25.3. The SMILES string of the molecule is COC(=O)C1C(C(C)C)CCN1C(=O)[C@@H](NC(=O)OC(C)(C)C)C1CCC(F)(F)CC1. The van der Waals surface area contributed by atoms with Crippen molar-refractivity contribution in [2.45, 2.75) is 90.3 Å². The smallest absolute Gasteiger partial charge is 0.408 e. The van der Waals surface area contributed by atoms with Gasteiger partial charge in [-0.25, -0.2) is 18.4 Å². The molecule has 0 spiro atoms. The van der Waals surface area contributed by atoms with Crippen LogP contribution in [-0.2, 0) is 19.1 Å². The predicted molar refractivity (Wildman–Crippen MR) is 111 cm³/mol. The van der Waals surface area contributed by atoms with Gasteiger partial charge >= 0.3 is 12.1 Å². The van der Waals surface area contributed by atoms with E-state index in [9.17, 15) is 23.2 Å². The molecule has 3 atom stereocenters. The van der Waals surface area contributed by atoms with Crippen molar-refractivity contribution in [3.8, 4) is 0 Å². The lowest BCUT2D eigenvalue weighted by molar-refractivity contribution is -0.154. The number of esters is 1. The largest absolute Gasteiger partial charge is 0.467 e. The zero-order valence-corrected chi connectivity index (χ0v) is 19.4. The minimum Gasteiger partial charge on any atom is -0.467 e. The number of hydrogen-bond donors (Lipinski definition) is 1. The summed E-state index contributed by atoms with van der Waals surface area (Å²) >= 11 is 0. The molecule has 0 radical (unpaired) electrons. The molecule has 0 bridgehead atoms. The van der Waals surface area contributed by atoms with Gasteiger partial charge in [0.2, 0.25) is 11.8 Å². The van der Waals surface area contributed by atoms with Crippen LogP contribution < -0.4 is 5.32 Å². The van der Waals surface area contributed by atoms with Gasteiger partial charge in [0, 0.05) is 19.4 Å². The molecule has 1 N–H and O–H groups in total. The van der Waals surface area contributed by atoms with Crippen LogP contribution in [0.5, 0.6) is 0 Å². The minimum atomic E-state index is -2.76. The Hall–Kier alpha value is -1.93. The van der Waals surface area contributed by atoms with Crippen molar-refractivity contribution in [3.05, 3.63) is 0 Å². The molecule has 2 unspecified atom stereocenters. The van der Waals surface area contributed by atoms with Crippen molar-refractivity contribution < 1.29 is 32.6 Å². The van der Waals surface area contributed by atoms with Crippen LogP contribution in [0.3, 0.4) is 0 Å². The Labute approximate surface area is 183 Å². The highest BCUT2D eigenvalue weighted by Gasteiger charge is 2.48. The monoisotopic (exact) mass is 446 g/mol. The van der Waals surface area contributed by atoms with E-state index in [-0.39, 0.29) is 37.5 Å². The van der Waals surface area contributed by atoms with Crippen molar-refractivity contribution in [2.24, 2.45) is 17.8 Å². The number of likely N-dealkylation sites (tertiary alicyclic amines) is 1. The number of ether oxygens (including phenoxy) is 2. The molecule has 1 aliphatic heterocycles. The number of halogens is 2. The fraction of sp³-hybridized carbons (Fsp3) is 0.864. The summed E-state index contributed by atoms with van der Waals surface area (Å²) < 4.78 is 37.7. The first-order valence-electron chi connectivity index (χ1n) is 11.0. The van der Waals surface area contributed by atoms with Crippen molar-refractivity contribution in [3.63, 3.8) is 0 Å². The Kier molecular flexibility index (Phi) is 7.92. The maximum atomic E-state index is 13.7. The first kappa shape index (κ1) is 25.3. The second kappa shape index (κ2) is 9.69. The summed E-state index contributed by atoms with van der Waals surface area (Å²) in [6.45, 7) is 9.40. The Morgan fingerprint density at radius 3 is 2.16 bits per heavy atom. The molecule has 2 amide bonds. The van der Waals surface area contributed by atoms with Gasteiger partial charge in [0.25, 0.3) is 0 Å².